The fourth-order valence-corrected chi connectivity index (χ4v) is 1.34. The van der Waals surface area contributed by atoms with E-state index in [4.69, 9.17) is 4.74 Å². The van der Waals surface area contributed by atoms with Crippen LogP contribution in [0.25, 0.3) is 0 Å². The fourth-order valence-electron chi connectivity index (χ4n) is 1.34. The van der Waals surface area contributed by atoms with Crippen LogP contribution in [0.3, 0.4) is 0 Å². The van der Waals surface area contributed by atoms with Crippen molar-refractivity contribution in [2.45, 2.75) is 19.0 Å². The summed E-state index contributed by atoms with van der Waals surface area (Å²) in [4.78, 5) is 4.07. The second-order valence-electron chi connectivity index (χ2n) is 3.03. The first kappa shape index (κ1) is 7.70. The van der Waals surface area contributed by atoms with Crippen molar-refractivity contribution in [1.29, 1.82) is 0 Å². The molecule has 2 rings (SSSR count). The molecule has 12 heavy (non-hydrogen) atoms. The Morgan fingerprint density at radius 1 is 1.58 bits per heavy atom. The largest absolute Gasteiger partial charge is 0.378 e. The van der Waals surface area contributed by atoms with Crippen LogP contribution in [0, 0.1) is 0 Å². The second kappa shape index (κ2) is 3.20. The summed E-state index contributed by atoms with van der Waals surface area (Å²) >= 11 is 0. The SMILES string of the molecule is C[C@H]1COC[C@@H](c2ncn[nH]2)N1. The van der Waals surface area contributed by atoms with Crippen LogP contribution in [0.2, 0.25) is 0 Å². The van der Waals surface area contributed by atoms with Gasteiger partial charge < -0.3 is 10.1 Å². The molecule has 66 valence electrons. The molecule has 0 aliphatic carbocycles. The van der Waals surface area contributed by atoms with Crippen LogP contribution in [-0.2, 0) is 4.74 Å². The number of aromatic nitrogens is 3. The van der Waals surface area contributed by atoms with E-state index in [1.54, 1.807) is 0 Å². The van der Waals surface area contributed by atoms with Gasteiger partial charge in [0, 0.05) is 6.04 Å². The minimum atomic E-state index is 0.163. The van der Waals surface area contributed by atoms with Gasteiger partial charge in [0.2, 0.25) is 0 Å². The van der Waals surface area contributed by atoms with Gasteiger partial charge in [0.25, 0.3) is 0 Å². The van der Waals surface area contributed by atoms with Gasteiger partial charge in [-0.05, 0) is 6.92 Å². The smallest absolute Gasteiger partial charge is 0.143 e. The maximum Gasteiger partial charge on any atom is 0.143 e. The van der Waals surface area contributed by atoms with Crippen molar-refractivity contribution in [2.24, 2.45) is 0 Å². The number of nitrogens with zero attached hydrogens (tertiary/aromatic N) is 2. The maximum absolute atomic E-state index is 5.37. The lowest BCUT2D eigenvalue weighted by atomic mass is 10.2. The molecule has 0 amide bonds. The van der Waals surface area contributed by atoms with Crippen LogP contribution in [0.1, 0.15) is 18.8 Å². The third-order valence-electron chi connectivity index (χ3n) is 1.90. The molecular weight excluding hydrogens is 156 g/mol. The number of H-pyrrole nitrogens is 1. The van der Waals surface area contributed by atoms with E-state index in [-0.39, 0.29) is 6.04 Å². The molecule has 0 saturated carbocycles. The summed E-state index contributed by atoms with van der Waals surface area (Å²) in [5, 5.41) is 9.97. The molecule has 1 aromatic rings. The van der Waals surface area contributed by atoms with Crippen molar-refractivity contribution in [3.8, 4) is 0 Å². The van der Waals surface area contributed by atoms with Crippen LogP contribution in [0.15, 0.2) is 6.33 Å². The minimum absolute atomic E-state index is 0.163. The molecule has 2 atom stereocenters. The van der Waals surface area contributed by atoms with Gasteiger partial charge in [-0.15, -0.1) is 0 Å². The number of hydrogen-bond donors (Lipinski definition) is 2. The predicted octanol–water partition coefficient (Wildman–Crippen LogP) is -0.146. The van der Waals surface area contributed by atoms with Gasteiger partial charge in [-0.25, -0.2) is 4.98 Å². The first-order valence-electron chi connectivity index (χ1n) is 4.05. The average molecular weight is 168 g/mol. The molecule has 1 aromatic heterocycles. The summed E-state index contributed by atoms with van der Waals surface area (Å²) in [7, 11) is 0. The zero-order valence-electron chi connectivity index (χ0n) is 6.95. The Kier molecular flexibility index (Phi) is 2.05. The summed E-state index contributed by atoms with van der Waals surface area (Å²) in [6, 6.07) is 0.546. The minimum Gasteiger partial charge on any atom is -0.378 e. The average Bonchev–Trinajstić information content (AvgIpc) is 2.56. The summed E-state index contributed by atoms with van der Waals surface area (Å²) < 4.78 is 5.37. The van der Waals surface area contributed by atoms with E-state index in [2.05, 4.69) is 27.4 Å². The Morgan fingerprint density at radius 2 is 2.50 bits per heavy atom. The van der Waals surface area contributed by atoms with Gasteiger partial charge in [0.1, 0.15) is 12.2 Å². The third-order valence-corrected chi connectivity index (χ3v) is 1.90. The van der Waals surface area contributed by atoms with E-state index in [0.717, 1.165) is 12.4 Å². The van der Waals surface area contributed by atoms with Crippen molar-refractivity contribution in [1.82, 2.24) is 20.5 Å². The summed E-state index contributed by atoms with van der Waals surface area (Å²) in [6.07, 6.45) is 1.51. The number of morpholine rings is 1. The first-order valence-corrected chi connectivity index (χ1v) is 4.05. The molecule has 0 aromatic carbocycles. The van der Waals surface area contributed by atoms with Crippen LogP contribution in [0.5, 0.6) is 0 Å². The van der Waals surface area contributed by atoms with Gasteiger partial charge >= 0.3 is 0 Å². The van der Waals surface area contributed by atoms with Crippen LogP contribution < -0.4 is 5.32 Å². The molecular formula is C7H12N4O. The highest BCUT2D eigenvalue weighted by Crippen LogP contribution is 2.12. The van der Waals surface area contributed by atoms with Gasteiger partial charge in [0.15, 0.2) is 0 Å². The van der Waals surface area contributed by atoms with Crippen molar-refractivity contribution < 1.29 is 4.74 Å². The highest BCUT2D eigenvalue weighted by atomic mass is 16.5. The zero-order chi connectivity index (χ0) is 8.39. The first-order chi connectivity index (χ1) is 5.86. The van der Waals surface area contributed by atoms with Crippen LogP contribution in [0.4, 0.5) is 0 Å². The van der Waals surface area contributed by atoms with E-state index in [1.165, 1.54) is 6.33 Å². The Bertz CT molecular complexity index is 236. The molecule has 0 radical (unpaired) electrons. The molecule has 1 fully saturated rings. The van der Waals surface area contributed by atoms with E-state index in [1.807, 2.05) is 0 Å². The number of aromatic amines is 1. The Morgan fingerprint density at radius 3 is 3.17 bits per heavy atom. The van der Waals surface area contributed by atoms with E-state index >= 15 is 0 Å². The topological polar surface area (TPSA) is 62.8 Å². The highest BCUT2D eigenvalue weighted by molar-refractivity contribution is 4.93. The molecule has 1 aliphatic heterocycles. The fraction of sp³-hybridized carbons (Fsp3) is 0.714. The summed E-state index contributed by atoms with van der Waals surface area (Å²) in [6.45, 7) is 3.52. The Labute approximate surface area is 70.5 Å². The van der Waals surface area contributed by atoms with Crippen LogP contribution >= 0.6 is 0 Å². The van der Waals surface area contributed by atoms with E-state index < -0.39 is 0 Å². The van der Waals surface area contributed by atoms with Crippen molar-refractivity contribution in [2.75, 3.05) is 13.2 Å². The molecule has 5 heteroatoms. The van der Waals surface area contributed by atoms with Gasteiger partial charge in [0.05, 0.1) is 19.3 Å². The van der Waals surface area contributed by atoms with Gasteiger partial charge in [-0.2, -0.15) is 5.10 Å². The standard InChI is InChI=1S/C7H12N4O/c1-5-2-12-3-6(10-5)7-8-4-9-11-7/h4-6,10H,2-3H2,1H3,(H,8,9,11)/t5-,6-/m0/s1. The van der Waals surface area contributed by atoms with E-state index in [9.17, 15) is 0 Å². The number of nitrogens with one attached hydrogen (secondary N) is 2. The Balaban J connectivity index is 2.04. The van der Waals surface area contributed by atoms with Gasteiger partial charge in [-0.1, -0.05) is 0 Å². The molecule has 0 spiro atoms. The zero-order valence-corrected chi connectivity index (χ0v) is 6.95. The molecule has 1 aliphatic rings. The lowest BCUT2D eigenvalue weighted by molar-refractivity contribution is 0.0480. The molecule has 2 heterocycles. The lowest BCUT2D eigenvalue weighted by Gasteiger charge is -2.27. The third kappa shape index (κ3) is 1.46. The maximum atomic E-state index is 5.37. The highest BCUT2D eigenvalue weighted by Gasteiger charge is 2.21. The second-order valence-corrected chi connectivity index (χ2v) is 3.03. The lowest BCUT2D eigenvalue weighted by Crippen LogP contribution is -2.42. The van der Waals surface area contributed by atoms with Gasteiger partial charge in [-0.3, -0.25) is 5.10 Å². The molecule has 0 unspecified atom stereocenters. The summed E-state index contributed by atoms with van der Waals surface area (Å²) in [5.74, 6) is 0.849. The molecule has 0 bridgehead atoms. The molecule has 1 saturated heterocycles. The Hall–Kier alpha value is -0.940. The number of hydrogen-bond acceptors (Lipinski definition) is 4. The molecule has 5 nitrogen and oxygen atoms in total. The quantitative estimate of drug-likeness (QED) is 0.612. The summed E-state index contributed by atoms with van der Waals surface area (Å²) in [5.41, 5.74) is 0. The number of rotatable bonds is 1. The van der Waals surface area contributed by atoms with E-state index in [0.29, 0.717) is 12.6 Å². The van der Waals surface area contributed by atoms with Crippen molar-refractivity contribution in [3.63, 3.8) is 0 Å². The predicted molar refractivity (Wildman–Crippen MR) is 42.5 cm³/mol. The van der Waals surface area contributed by atoms with Crippen LogP contribution in [-0.4, -0.2) is 34.4 Å². The van der Waals surface area contributed by atoms with Crippen molar-refractivity contribution in [3.05, 3.63) is 12.2 Å². The normalized spacial score (nSPS) is 30.4. The van der Waals surface area contributed by atoms with Crippen molar-refractivity contribution >= 4 is 0 Å². The number of ether oxygens (including phenoxy) is 1. The monoisotopic (exact) mass is 168 g/mol. The molecule has 2 N–H and O–H groups in total.